The standard InChI is InChI=1S/C19H13FN6/c20-15-8-6-14(7-9-15)17-23-24-19-16-10-22-26(18(16)21-12-25(17)19)11-13-4-2-1-3-5-13/h1-10,12H,11H2. The molecule has 0 aliphatic rings. The zero-order valence-electron chi connectivity index (χ0n) is 13.6. The summed E-state index contributed by atoms with van der Waals surface area (Å²) in [5.74, 6) is 0.329. The van der Waals surface area contributed by atoms with Gasteiger partial charge in [-0.15, -0.1) is 10.2 Å². The van der Waals surface area contributed by atoms with Gasteiger partial charge < -0.3 is 0 Å². The lowest BCUT2D eigenvalue weighted by Gasteiger charge is -2.04. The smallest absolute Gasteiger partial charge is 0.175 e. The third-order valence-corrected chi connectivity index (χ3v) is 4.32. The maximum Gasteiger partial charge on any atom is 0.175 e. The van der Waals surface area contributed by atoms with Gasteiger partial charge in [0.2, 0.25) is 0 Å². The Balaban J connectivity index is 1.62. The molecule has 0 saturated carbocycles. The monoisotopic (exact) mass is 344 g/mol. The Hall–Kier alpha value is -3.61. The summed E-state index contributed by atoms with van der Waals surface area (Å²) < 4.78 is 16.8. The van der Waals surface area contributed by atoms with Crippen molar-refractivity contribution in [1.29, 1.82) is 0 Å². The molecule has 7 heteroatoms. The minimum Gasteiger partial charge on any atom is -0.265 e. The first-order valence-electron chi connectivity index (χ1n) is 8.15. The minimum atomic E-state index is -0.287. The maximum absolute atomic E-state index is 13.2. The third-order valence-electron chi connectivity index (χ3n) is 4.32. The highest BCUT2D eigenvalue weighted by molar-refractivity contribution is 5.89. The van der Waals surface area contributed by atoms with Gasteiger partial charge in [0, 0.05) is 5.56 Å². The summed E-state index contributed by atoms with van der Waals surface area (Å²) in [5, 5.41) is 13.8. The van der Waals surface area contributed by atoms with E-state index >= 15 is 0 Å². The second-order valence-electron chi connectivity index (χ2n) is 5.99. The van der Waals surface area contributed by atoms with Gasteiger partial charge in [-0.1, -0.05) is 30.3 Å². The molecule has 0 aliphatic heterocycles. The van der Waals surface area contributed by atoms with Gasteiger partial charge >= 0.3 is 0 Å². The SMILES string of the molecule is Fc1ccc(-c2nnc3c4cnn(Cc5ccccc5)c4ncn23)cc1. The van der Waals surface area contributed by atoms with Gasteiger partial charge in [0.05, 0.1) is 18.1 Å². The molecule has 0 unspecified atom stereocenters. The van der Waals surface area contributed by atoms with Crippen LogP contribution in [0.3, 0.4) is 0 Å². The predicted octanol–water partition coefficient (Wildman–Crippen LogP) is 3.33. The topological polar surface area (TPSA) is 60.9 Å². The van der Waals surface area contributed by atoms with Crippen molar-refractivity contribution in [2.45, 2.75) is 6.54 Å². The summed E-state index contributed by atoms with van der Waals surface area (Å²) in [5.41, 5.74) is 3.34. The van der Waals surface area contributed by atoms with Crippen LogP contribution >= 0.6 is 0 Å². The molecular formula is C19H13FN6. The highest BCUT2D eigenvalue weighted by Gasteiger charge is 2.14. The summed E-state index contributed by atoms with van der Waals surface area (Å²) in [6.45, 7) is 0.631. The van der Waals surface area contributed by atoms with E-state index in [0.717, 1.165) is 22.2 Å². The van der Waals surface area contributed by atoms with Gasteiger partial charge in [-0.2, -0.15) is 5.10 Å². The quantitative estimate of drug-likeness (QED) is 0.504. The van der Waals surface area contributed by atoms with Crippen LogP contribution in [0, 0.1) is 5.82 Å². The van der Waals surface area contributed by atoms with E-state index in [9.17, 15) is 4.39 Å². The highest BCUT2D eigenvalue weighted by atomic mass is 19.1. The Morgan fingerprint density at radius 2 is 1.69 bits per heavy atom. The fraction of sp³-hybridized carbons (Fsp3) is 0.0526. The molecule has 0 atom stereocenters. The molecule has 26 heavy (non-hydrogen) atoms. The first-order valence-corrected chi connectivity index (χ1v) is 8.15. The van der Waals surface area contributed by atoms with E-state index in [4.69, 9.17) is 0 Å². The fourth-order valence-corrected chi connectivity index (χ4v) is 3.04. The van der Waals surface area contributed by atoms with Crippen molar-refractivity contribution in [3.05, 3.63) is 78.5 Å². The summed E-state index contributed by atoms with van der Waals surface area (Å²) in [6.07, 6.45) is 3.43. The number of nitrogens with zero attached hydrogens (tertiary/aromatic N) is 6. The van der Waals surface area contributed by atoms with Crippen LogP contribution in [-0.4, -0.2) is 29.4 Å². The fourth-order valence-electron chi connectivity index (χ4n) is 3.04. The van der Waals surface area contributed by atoms with E-state index < -0.39 is 0 Å². The number of rotatable bonds is 3. The average Bonchev–Trinajstić information content (AvgIpc) is 3.27. The van der Waals surface area contributed by atoms with E-state index in [2.05, 4.69) is 32.4 Å². The van der Waals surface area contributed by atoms with Crippen LogP contribution in [0.25, 0.3) is 28.1 Å². The first-order chi connectivity index (χ1) is 12.8. The Kier molecular flexibility index (Phi) is 3.24. The van der Waals surface area contributed by atoms with Gasteiger partial charge in [0.1, 0.15) is 12.1 Å². The van der Waals surface area contributed by atoms with Crippen molar-refractivity contribution in [1.82, 2.24) is 29.4 Å². The molecule has 0 spiro atoms. The Labute approximate surface area is 147 Å². The zero-order valence-corrected chi connectivity index (χ0v) is 13.6. The van der Waals surface area contributed by atoms with Crippen LogP contribution in [0.15, 0.2) is 67.1 Å². The molecular weight excluding hydrogens is 331 g/mol. The van der Waals surface area contributed by atoms with Gasteiger partial charge in [0.15, 0.2) is 17.1 Å². The van der Waals surface area contributed by atoms with E-state index in [0.29, 0.717) is 18.0 Å². The Bertz CT molecular complexity index is 1210. The second kappa shape index (κ2) is 5.73. The molecule has 2 aromatic carbocycles. The summed E-state index contributed by atoms with van der Waals surface area (Å²) in [7, 11) is 0. The zero-order chi connectivity index (χ0) is 17.5. The van der Waals surface area contributed by atoms with Gasteiger partial charge in [-0.3, -0.25) is 4.40 Å². The highest BCUT2D eigenvalue weighted by Crippen LogP contribution is 2.23. The summed E-state index contributed by atoms with van der Waals surface area (Å²) >= 11 is 0. The van der Waals surface area contributed by atoms with Crippen LogP contribution in [0.2, 0.25) is 0 Å². The molecule has 3 aromatic heterocycles. The van der Waals surface area contributed by atoms with Gasteiger partial charge in [0.25, 0.3) is 0 Å². The Morgan fingerprint density at radius 1 is 0.885 bits per heavy atom. The molecule has 0 aliphatic carbocycles. The molecule has 0 bridgehead atoms. The van der Waals surface area contributed by atoms with Crippen molar-refractivity contribution in [2.75, 3.05) is 0 Å². The molecule has 5 aromatic rings. The maximum atomic E-state index is 13.2. The molecule has 3 heterocycles. The van der Waals surface area contributed by atoms with E-state index in [1.54, 1.807) is 29.1 Å². The van der Waals surface area contributed by atoms with Gasteiger partial charge in [-0.05, 0) is 29.8 Å². The number of hydrogen-bond donors (Lipinski definition) is 0. The largest absolute Gasteiger partial charge is 0.265 e. The van der Waals surface area contributed by atoms with Crippen molar-refractivity contribution >= 4 is 16.7 Å². The molecule has 5 rings (SSSR count). The Morgan fingerprint density at radius 3 is 2.50 bits per heavy atom. The van der Waals surface area contributed by atoms with Crippen LogP contribution in [-0.2, 0) is 6.54 Å². The lowest BCUT2D eigenvalue weighted by Crippen LogP contribution is -2.03. The number of benzene rings is 2. The van der Waals surface area contributed by atoms with Crippen LogP contribution in [0.1, 0.15) is 5.56 Å². The van der Waals surface area contributed by atoms with Crippen molar-refractivity contribution in [3.8, 4) is 11.4 Å². The molecule has 6 nitrogen and oxygen atoms in total. The lowest BCUT2D eigenvalue weighted by molar-refractivity contribution is 0.628. The normalized spacial score (nSPS) is 11.4. The van der Waals surface area contributed by atoms with E-state index in [1.165, 1.54) is 12.1 Å². The lowest BCUT2D eigenvalue weighted by atomic mass is 10.2. The van der Waals surface area contributed by atoms with Crippen LogP contribution < -0.4 is 0 Å². The molecule has 0 radical (unpaired) electrons. The molecule has 0 fully saturated rings. The number of fused-ring (bicyclic) bond motifs is 3. The average molecular weight is 344 g/mol. The van der Waals surface area contributed by atoms with Crippen LogP contribution in [0.4, 0.5) is 4.39 Å². The summed E-state index contributed by atoms with van der Waals surface area (Å²) in [6, 6.07) is 16.2. The van der Waals surface area contributed by atoms with Crippen molar-refractivity contribution in [2.24, 2.45) is 0 Å². The first kappa shape index (κ1) is 14.7. The van der Waals surface area contributed by atoms with Crippen LogP contribution in [0.5, 0.6) is 0 Å². The third kappa shape index (κ3) is 2.33. The number of halogens is 1. The molecule has 0 amide bonds. The van der Waals surface area contributed by atoms with E-state index in [-0.39, 0.29) is 5.82 Å². The number of aromatic nitrogens is 6. The molecule has 0 N–H and O–H groups in total. The predicted molar refractivity (Wildman–Crippen MR) is 95.0 cm³/mol. The summed E-state index contributed by atoms with van der Waals surface area (Å²) in [4.78, 5) is 4.55. The minimum absolute atomic E-state index is 0.287. The molecule has 126 valence electrons. The second-order valence-corrected chi connectivity index (χ2v) is 5.99. The molecule has 0 saturated heterocycles. The number of hydrogen-bond acceptors (Lipinski definition) is 4. The van der Waals surface area contributed by atoms with Crippen molar-refractivity contribution < 1.29 is 4.39 Å². The van der Waals surface area contributed by atoms with E-state index in [1.807, 2.05) is 22.9 Å². The van der Waals surface area contributed by atoms with Crippen molar-refractivity contribution in [3.63, 3.8) is 0 Å². The van der Waals surface area contributed by atoms with Gasteiger partial charge in [-0.25, -0.2) is 14.1 Å².